The highest BCUT2D eigenvalue weighted by atomic mass is 16.5. The van der Waals surface area contributed by atoms with E-state index in [4.69, 9.17) is 4.74 Å². The third kappa shape index (κ3) is 5.17. The smallest absolute Gasteiger partial charge is 0.119 e. The molecule has 0 heterocycles. The lowest BCUT2D eigenvalue weighted by Gasteiger charge is -2.15. The highest BCUT2D eigenvalue weighted by Gasteiger charge is 2.02. The molecule has 1 aromatic carbocycles. The number of ether oxygens (including phenoxy) is 1. The van der Waals surface area contributed by atoms with Crippen LogP contribution in [-0.2, 0) is 0 Å². The maximum absolute atomic E-state index is 5.79. The molecule has 0 saturated heterocycles. The number of hydrogen-bond donors (Lipinski definition) is 1. The molecule has 16 heavy (non-hydrogen) atoms. The molecule has 0 fully saturated rings. The van der Waals surface area contributed by atoms with Crippen LogP contribution in [0.5, 0.6) is 5.75 Å². The highest BCUT2D eigenvalue weighted by molar-refractivity contribution is 5.26. The van der Waals surface area contributed by atoms with E-state index in [9.17, 15) is 0 Å². The standard InChI is InChI=1S/C14H23NO/c1-4-5-10-15-11-13(3)16-14-8-6-12(2)7-9-14/h6-9,13,15H,4-5,10-11H2,1-3H3. The van der Waals surface area contributed by atoms with E-state index < -0.39 is 0 Å². The van der Waals surface area contributed by atoms with Crippen LogP contribution in [0.1, 0.15) is 32.3 Å². The van der Waals surface area contributed by atoms with Gasteiger partial charge >= 0.3 is 0 Å². The maximum atomic E-state index is 5.79. The molecule has 2 heteroatoms. The van der Waals surface area contributed by atoms with Crippen molar-refractivity contribution in [2.45, 2.75) is 39.7 Å². The first-order valence-electron chi connectivity index (χ1n) is 6.16. The molecule has 1 atom stereocenters. The van der Waals surface area contributed by atoms with Gasteiger partial charge in [-0.05, 0) is 38.9 Å². The number of nitrogens with one attached hydrogen (secondary N) is 1. The van der Waals surface area contributed by atoms with Crippen LogP contribution in [0.3, 0.4) is 0 Å². The molecule has 1 N–H and O–H groups in total. The van der Waals surface area contributed by atoms with E-state index in [1.165, 1.54) is 18.4 Å². The minimum Gasteiger partial charge on any atom is -0.489 e. The van der Waals surface area contributed by atoms with E-state index >= 15 is 0 Å². The first-order chi connectivity index (χ1) is 7.72. The average molecular weight is 221 g/mol. The van der Waals surface area contributed by atoms with Crippen LogP contribution in [0.4, 0.5) is 0 Å². The van der Waals surface area contributed by atoms with Gasteiger partial charge in [-0.1, -0.05) is 31.0 Å². The first kappa shape index (κ1) is 13.0. The summed E-state index contributed by atoms with van der Waals surface area (Å²) in [6.45, 7) is 8.37. The van der Waals surface area contributed by atoms with Gasteiger partial charge in [0.25, 0.3) is 0 Å². The summed E-state index contributed by atoms with van der Waals surface area (Å²) in [5.74, 6) is 0.954. The van der Waals surface area contributed by atoms with Gasteiger partial charge in [0.15, 0.2) is 0 Å². The van der Waals surface area contributed by atoms with E-state index in [2.05, 4.69) is 38.2 Å². The fourth-order valence-corrected chi connectivity index (χ4v) is 1.50. The third-order valence-corrected chi connectivity index (χ3v) is 2.50. The molecule has 0 spiro atoms. The summed E-state index contributed by atoms with van der Waals surface area (Å²) in [4.78, 5) is 0. The van der Waals surface area contributed by atoms with E-state index in [0.717, 1.165) is 18.8 Å². The molecule has 0 aromatic heterocycles. The number of hydrogen-bond acceptors (Lipinski definition) is 2. The number of rotatable bonds is 7. The van der Waals surface area contributed by atoms with Crippen molar-refractivity contribution in [3.63, 3.8) is 0 Å². The van der Waals surface area contributed by atoms with Gasteiger partial charge in [-0.2, -0.15) is 0 Å². The lowest BCUT2D eigenvalue weighted by Crippen LogP contribution is -2.29. The van der Waals surface area contributed by atoms with Crippen LogP contribution in [0, 0.1) is 6.92 Å². The summed E-state index contributed by atoms with van der Waals surface area (Å²) in [7, 11) is 0. The summed E-state index contributed by atoms with van der Waals surface area (Å²) in [6, 6.07) is 8.20. The van der Waals surface area contributed by atoms with Gasteiger partial charge in [0.2, 0.25) is 0 Å². The molecule has 1 rings (SSSR count). The largest absolute Gasteiger partial charge is 0.489 e. The molecule has 0 radical (unpaired) electrons. The lowest BCUT2D eigenvalue weighted by atomic mass is 10.2. The van der Waals surface area contributed by atoms with E-state index in [0.29, 0.717) is 0 Å². The SMILES string of the molecule is CCCCNCC(C)Oc1ccc(C)cc1. The van der Waals surface area contributed by atoms with Gasteiger partial charge in [0.05, 0.1) is 0 Å². The Balaban J connectivity index is 2.23. The minimum atomic E-state index is 0.222. The Hall–Kier alpha value is -1.02. The summed E-state index contributed by atoms with van der Waals surface area (Å²) in [5, 5.41) is 3.39. The molecule has 1 aromatic rings. The third-order valence-electron chi connectivity index (χ3n) is 2.50. The molecule has 0 aliphatic heterocycles. The Bertz CT molecular complexity index is 281. The van der Waals surface area contributed by atoms with Crippen LogP contribution in [0.25, 0.3) is 0 Å². The Morgan fingerprint density at radius 1 is 1.25 bits per heavy atom. The van der Waals surface area contributed by atoms with Crippen LogP contribution < -0.4 is 10.1 Å². The van der Waals surface area contributed by atoms with Gasteiger partial charge in [-0.3, -0.25) is 0 Å². The van der Waals surface area contributed by atoms with Crippen LogP contribution >= 0.6 is 0 Å². The zero-order valence-corrected chi connectivity index (χ0v) is 10.6. The van der Waals surface area contributed by atoms with Crippen LogP contribution in [-0.4, -0.2) is 19.2 Å². The van der Waals surface area contributed by atoms with Crippen molar-refractivity contribution >= 4 is 0 Å². The second-order valence-corrected chi connectivity index (χ2v) is 4.30. The fourth-order valence-electron chi connectivity index (χ4n) is 1.50. The summed E-state index contributed by atoms with van der Waals surface area (Å²) in [6.07, 6.45) is 2.69. The average Bonchev–Trinajstić information content (AvgIpc) is 2.28. The first-order valence-corrected chi connectivity index (χ1v) is 6.16. The summed E-state index contributed by atoms with van der Waals surface area (Å²) < 4.78 is 5.79. The molecule has 0 amide bonds. The highest BCUT2D eigenvalue weighted by Crippen LogP contribution is 2.12. The van der Waals surface area contributed by atoms with Crippen molar-refractivity contribution in [1.82, 2.24) is 5.32 Å². The normalized spacial score (nSPS) is 12.4. The molecule has 90 valence electrons. The molecule has 0 saturated carbocycles. The number of aryl methyl sites for hydroxylation is 1. The van der Waals surface area contributed by atoms with Crippen molar-refractivity contribution in [2.24, 2.45) is 0 Å². The Labute approximate surface area is 99.0 Å². The number of unbranched alkanes of at least 4 members (excludes halogenated alkanes) is 1. The summed E-state index contributed by atoms with van der Waals surface area (Å²) in [5.41, 5.74) is 1.26. The molecular weight excluding hydrogens is 198 g/mol. The van der Waals surface area contributed by atoms with Crippen molar-refractivity contribution in [3.8, 4) is 5.75 Å². The predicted molar refractivity (Wildman–Crippen MR) is 69.0 cm³/mol. The van der Waals surface area contributed by atoms with Crippen molar-refractivity contribution in [1.29, 1.82) is 0 Å². The van der Waals surface area contributed by atoms with Gasteiger partial charge < -0.3 is 10.1 Å². The van der Waals surface area contributed by atoms with Crippen molar-refractivity contribution < 1.29 is 4.74 Å². The minimum absolute atomic E-state index is 0.222. The van der Waals surface area contributed by atoms with E-state index in [1.54, 1.807) is 0 Å². The topological polar surface area (TPSA) is 21.3 Å². The van der Waals surface area contributed by atoms with Gasteiger partial charge in [0.1, 0.15) is 11.9 Å². The predicted octanol–water partition coefficient (Wildman–Crippen LogP) is 3.15. The maximum Gasteiger partial charge on any atom is 0.119 e. The second-order valence-electron chi connectivity index (χ2n) is 4.30. The Morgan fingerprint density at radius 2 is 1.94 bits per heavy atom. The van der Waals surface area contributed by atoms with Gasteiger partial charge in [-0.25, -0.2) is 0 Å². The van der Waals surface area contributed by atoms with Crippen LogP contribution in [0.2, 0.25) is 0 Å². The molecular formula is C14H23NO. The molecule has 1 unspecified atom stereocenters. The fraction of sp³-hybridized carbons (Fsp3) is 0.571. The summed E-state index contributed by atoms with van der Waals surface area (Å²) >= 11 is 0. The molecule has 0 aliphatic rings. The van der Waals surface area contributed by atoms with Crippen molar-refractivity contribution in [2.75, 3.05) is 13.1 Å². The monoisotopic (exact) mass is 221 g/mol. The van der Waals surface area contributed by atoms with Gasteiger partial charge in [-0.15, -0.1) is 0 Å². The van der Waals surface area contributed by atoms with Gasteiger partial charge in [0, 0.05) is 6.54 Å². The molecule has 0 aliphatic carbocycles. The Kier molecular flexibility index (Phi) is 5.94. The quantitative estimate of drug-likeness (QED) is 0.714. The van der Waals surface area contributed by atoms with Crippen molar-refractivity contribution in [3.05, 3.63) is 29.8 Å². The number of benzene rings is 1. The van der Waals surface area contributed by atoms with Crippen LogP contribution in [0.15, 0.2) is 24.3 Å². The Morgan fingerprint density at radius 3 is 2.56 bits per heavy atom. The van der Waals surface area contributed by atoms with E-state index in [-0.39, 0.29) is 6.10 Å². The second kappa shape index (κ2) is 7.29. The lowest BCUT2D eigenvalue weighted by molar-refractivity contribution is 0.217. The zero-order chi connectivity index (χ0) is 11.8. The van der Waals surface area contributed by atoms with E-state index in [1.807, 2.05) is 12.1 Å². The zero-order valence-electron chi connectivity index (χ0n) is 10.6. The molecule has 2 nitrogen and oxygen atoms in total. The molecule has 0 bridgehead atoms.